The highest BCUT2D eigenvalue weighted by Gasteiger charge is 2.40. The zero-order valence-electron chi connectivity index (χ0n) is 11.4. The van der Waals surface area contributed by atoms with Crippen molar-refractivity contribution in [3.8, 4) is 0 Å². The number of rotatable bonds is 3. The lowest BCUT2D eigenvalue weighted by Crippen LogP contribution is -2.38. The van der Waals surface area contributed by atoms with Crippen LogP contribution < -0.4 is 5.32 Å². The van der Waals surface area contributed by atoms with Gasteiger partial charge in [-0.15, -0.1) is 0 Å². The third kappa shape index (κ3) is 2.25. The number of carbonyl (C=O) groups excluding carboxylic acids is 2. The van der Waals surface area contributed by atoms with Gasteiger partial charge in [0.25, 0.3) is 0 Å². The largest absolute Gasteiger partial charge is 0.347 e. The van der Waals surface area contributed by atoms with E-state index in [1.807, 2.05) is 14.0 Å². The molecule has 1 N–H and O–H groups in total. The molecule has 0 spiro atoms. The second-order valence-electron chi connectivity index (χ2n) is 4.78. The van der Waals surface area contributed by atoms with Crippen LogP contribution in [0.5, 0.6) is 0 Å². The summed E-state index contributed by atoms with van der Waals surface area (Å²) >= 11 is 0. The van der Waals surface area contributed by atoms with Crippen LogP contribution in [-0.4, -0.2) is 39.6 Å². The van der Waals surface area contributed by atoms with Crippen LogP contribution in [-0.2, 0) is 16.6 Å². The summed E-state index contributed by atoms with van der Waals surface area (Å²) in [5.74, 6) is -0.248. The number of hydrogen-bond acceptors (Lipinski definition) is 3. The summed E-state index contributed by atoms with van der Waals surface area (Å²) in [4.78, 5) is 25.0. The normalized spacial score (nSPS) is 22.7. The van der Waals surface area contributed by atoms with Gasteiger partial charge in [-0.3, -0.25) is 14.3 Å². The second-order valence-corrected chi connectivity index (χ2v) is 4.78. The van der Waals surface area contributed by atoms with Crippen LogP contribution in [0.4, 0.5) is 0 Å². The molecule has 1 aromatic rings. The zero-order valence-corrected chi connectivity index (χ0v) is 11.4. The predicted octanol–water partition coefficient (Wildman–Crippen LogP) is 0.303. The molecule has 1 aromatic heterocycles. The highest BCUT2D eigenvalue weighted by molar-refractivity contribution is 5.88. The van der Waals surface area contributed by atoms with E-state index in [1.165, 1.54) is 6.08 Å². The minimum absolute atomic E-state index is 0.0163. The fraction of sp³-hybridized carbons (Fsp3) is 0.462. The SMILES string of the molecule is C=CC(=O)N[C@@H]1CC(=O)N(C)[C@H]1c1cnn(C)c1C. The second kappa shape index (κ2) is 4.87. The molecule has 0 aromatic carbocycles. The molecule has 2 heterocycles. The fourth-order valence-electron chi connectivity index (χ4n) is 2.47. The van der Waals surface area contributed by atoms with Gasteiger partial charge in [0.15, 0.2) is 0 Å². The molecule has 1 aliphatic rings. The number of aryl methyl sites for hydroxylation is 1. The molecule has 0 unspecified atom stereocenters. The first kappa shape index (κ1) is 13.3. The van der Waals surface area contributed by atoms with E-state index in [9.17, 15) is 9.59 Å². The summed E-state index contributed by atoms with van der Waals surface area (Å²) in [6.07, 6.45) is 3.27. The Balaban J connectivity index is 2.33. The van der Waals surface area contributed by atoms with E-state index >= 15 is 0 Å². The molecule has 2 amide bonds. The fourth-order valence-corrected chi connectivity index (χ4v) is 2.47. The van der Waals surface area contributed by atoms with Gasteiger partial charge in [-0.2, -0.15) is 5.10 Å². The molecule has 19 heavy (non-hydrogen) atoms. The minimum Gasteiger partial charge on any atom is -0.347 e. The van der Waals surface area contributed by atoms with Crippen LogP contribution in [0, 0.1) is 6.92 Å². The van der Waals surface area contributed by atoms with E-state index in [0.717, 1.165) is 11.3 Å². The lowest BCUT2D eigenvalue weighted by atomic mass is 10.0. The van der Waals surface area contributed by atoms with Gasteiger partial charge in [-0.1, -0.05) is 6.58 Å². The number of hydrogen-bond donors (Lipinski definition) is 1. The van der Waals surface area contributed by atoms with Crippen molar-refractivity contribution in [1.82, 2.24) is 20.0 Å². The maximum atomic E-state index is 11.9. The third-order valence-electron chi connectivity index (χ3n) is 3.69. The van der Waals surface area contributed by atoms with Gasteiger partial charge in [0.05, 0.1) is 18.3 Å². The number of amides is 2. The van der Waals surface area contributed by atoms with Crippen LogP contribution in [0.3, 0.4) is 0 Å². The summed E-state index contributed by atoms with van der Waals surface area (Å²) in [6.45, 7) is 5.38. The van der Waals surface area contributed by atoms with Crippen molar-refractivity contribution in [3.63, 3.8) is 0 Å². The van der Waals surface area contributed by atoms with E-state index in [4.69, 9.17) is 0 Å². The first-order valence-corrected chi connectivity index (χ1v) is 6.12. The van der Waals surface area contributed by atoms with Crippen molar-refractivity contribution in [1.29, 1.82) is 0 Å². The predicted molar refractivity (Wildman–Crippen MR) is 70.2 cm³/mol. The van der Waals surface area contributed by atoms with Gasteiger partial charge in [0.1, 0.15) is 0 Å². The van der Waals surface area contributed by atoms with Crippen molar-refractivity contribution in [2.45, 2.75) is 25.4 Å². The van der Waals surface area contributed by atoms with E-state index in [1.54, 1.807) is 22.8 Å². The first-order chi connectivity index (χ1) is 8.95. The standard InChI is InChI=1S/C13H18N4O2/c1-5-11(18)15-10-6-12(19)16(3)13(10)9-7-14-17(4)8(9)2/h5,7,10,13H,1,6H2,2-4H3,(H,15,18)/t10-,13+/m1/s1. The monoisotopic (exact) mass is 262 g/mol. The van der Waals surface area contributed by atoms with Gasteiger partial charge < -0.3 is 10.2 Å². The molecule has 0 radical (unpaired) electrons. The Morgan fingerprint density at radius 2 is 2.26 bits per heavy atom. The van der Waals surface area contributed by atoms with Gasteiger partial charge in [0.2, 0.25) is 11.8 Å². The van der Waals surface area contributed by atoms with Gasteiger partial charge in [-0.25, -0.2) is 0 Å². The lowest BCUT2D eigenvalue weighted by molar-refractivity contribution is -0.127. The Morgan fingerprint density at radius 1 is 1.58 bits per heavy atom. The highest BCUT2D eigenvalue weighted by Crippen LogP contribution is 2.33. The quantitative estimate of drug-likeness (QED) is 0.797. The Kier molecular flexibility index (Phi) is 3.42. The maximum absolute atomic E-state index is 11.9. The van der Waals surface area contributed by atoms with E-state index in [2.05, 4.69) is 17.0 Å². The van der Waals surface area contributed by atoms with Crippen molar-refractivity contribution in [2.75, 3.05) is 7.05 Å². The molecule has 1 aliphatic heterocycles. The van der Waals surface area contributed by atoms with E-state index < -0.39 is 0 Å². The average molecular weight is 262 g/mol. The number of carbonyl (C=O) groups is 2. The molecular formula is C13H18N4O2. The Hall–Kier alpha value is -2.11. The van der Waals surface area contributed by atoms with Crippen LogP contribution in [0.25, 0.3) is 0 Å². The van der Waals surface area contributed by atoms with Crippen LogP contribution >= 0.6 is 0 Å². The molecule has 1 fully saturated rings. The van der Waals surface area contributed by atoms with E-state index in [0.29, 0.717) is 6.42 Å². The van der Waals surface area contributed by atoms with Crippen molar-refractivity contribution < 1.29 is 9.59 Å². The molecule has 2 rings (SSSR count). The lowest BCUT2D eigenvalue weighted by Gasteiger charge is -2.25. The van der Waals surface area contributed by atoms with Crippen LogP contribution in [0.2, 0.25) is 0 Å². The van der Waals surface area contributed by atoms with E-state index in [-0.39, 0.29) is 23.9 Å². The van der Waals surface area contributed by atoms with Crippen LogP contribution in [0.15, 0.2) is 18.9 Å². The Bertz CT molecular complexity index is 535. The van der Waals surface area contributed by atoms with Crippen molar-refractivity contribution >= 4 is 11.8 Å². The average Bonchev–Trinajstić information content (AvgIpc) is 2.83. The first-order valence-electron chi connectivity index (χ1n) is 6.12. The summed E-state index contributed by atoms with van der Waals surface area (Å²) in [6, 6.07) is -0.420. The Labute approximate surface area is 112 Å². The molecule has 6 nitrogen and oxygen atoms in total. The maximum Gasteiger partial charge on any atom is 0.243 e. The topological polar surface area (TPSA) is 67.2 Å². The summed E-state index contributed by atoms with van der Waals surface area (Å²) in [7, 11) is 3.60. The van der Waals surface area contributed by atoms with Crippen molar-refractivity contribution in [2.24, 2.45) is 7.05 Å². The summed E-state index contributed by atoms with van der Waals surface area (Å²) < 4.78 is 1.76. The molecule has 0 aliphatic carbocycles. The zero-order chi connectivity index (χ0) is 14.2. The molecular weight excluding hydrogens is 244 g/mol. The molecule has 0 bridgehead atoms. The van der Waals surface area contributed by atoms with Gasteiger partial charge in [-0.05, 0) is 13.0 Å². The summed E-state index contributed by atoms with van der Waals surface area (Å²) in [5.41, 5.74) is 1.95. The number of likely N-dealkylation sites (N-methyl/N-ethyl adjacent to an activating group) is 1. The molecule has 102 valence electrons. The number of likely N-dealkylation sites (tertiary alicyclic amines) is 1. The van der Waals surface area contributed by atoms with Gasteiger partial charge >= 0.3 is 0 Å². The molecule has 2 atom stereocenters. The third-order valence-corrected chi connectivity index (χ3v) is 3.69. The number of nitrogens with one attached hydrogen (secondary N) is 1. The minimum atomic E-state index is -0.264. The highest BCUT2D eigenvalue weighted by atomic mass is 16.2. The molecule has 6 heteroatoms. The van der Waals surface area contributed by atoms with Gasteiger partial charge in [0, 0.05) is 31.8 Å². The molecule has 0 saturated carbocycles. The summed E-state index contributed by atoms with van der Waals surface area (Å²) in [5, 5.41) is 7.02. The van der Waals surface area contributed by atoms with Crippen LogP contribution in [0.1, 0.15) is 23.7 Å². The Morgan fingerprint density at radius 3 is 2.79 bits per heavy atom. The number of nitrogens with zero attached hydrogens (tertiary/aromatic N) is 3. The van der Waals surface area contributed by atoms with Crippen molar-refractivity contribution in [3.05, 3.63) is 30.1 Å². The smallest absolute Gasteiger partial charge is 0.243 e. The number of aromatic nitrogens is 2. The molecule has 1 saturated heterocycles.